The predicted molar refractivity (Wildman–Crippen MR) is 111 cm³/mol. The number of fused-ring (bicyclic) bond motifs is 1. The van der Waals surface area contributed by atoms with Gasteiger partial charge in [-0.1, -0.05) is 12.1 Å². The molecule has 2 amide bonds. The van der Waals surface area contributed by atoms with Crippen LogP contribution in [-0.4, -0.2) is 45.2 Å². The summed E-state index contributed by atoms with van der Waals surface area (Å²) in [7, 11) is 1.54. The molecule has 8 nitrogen and oxygen atoms in total. The van der Waals surface area contributed by atoms with E-state index in [0.717, 1.165) is 16.8 Å². The fourth-order valence-corrected chi connectivity index (χ4v) is 3.14. The highest BCUT2D eigenvalue weighted by molar-refractivity contribution is 5.90. The van der Waals surface area contributed by atoms with Crippen molar-refractivity contribution in [2.45, 2.75) is 6.18 Å². The van der Waals surface area contributed by atoms with Crippen molar-refractivity contribution in [3.63, 3.8) is 0 Å². The molecule has 0 spiro atoms. The zero-order chi connectivity index (χ0) is 22.7. The highest BCUT2D eigenvalue weighted by Crippen LogP contribution is 2.29. The van der Waals surface area contributed by atoms with Crippen molar-refractivity contribution in [2.75, 3.05) is 19.0 Å². The van der Waals surface area contributed by atoms with Gasteiger partial charge in [0.1, 0.15) is 24.2 Å². The lowest BCUT2D eigenvalue weighted by Crippen LogP contribution is -2.36. The smallest absolute Gasteiger partial charge is 0.405 e. The summed E-state index contributed by atoms with van der Waals surface area (Å²) in [4.78, 5) is 24.4. The Morgan fingerprint density at radius 2 is 1.97 bits per heavy atom. The number of benzene rings is 1. The molecule has 0 bridgehead atoms. The zero-order valence-corrected chi connectivity index (χ0v) is 16.7. The van der Waals surface area contributed by atoms with Gasteiger partial charge < -0.3 is 15.4 Å². The third kappa shape index (κ3) is 4.61. The number of rotatable bonds is 5. The largest absolute Gasteiger partial charge is 0.493 e. The van der Waals surface area contributed by atoms with Crippen molar-refractivity contribution in [3.8, 4) is 28.3 Å². The SMILES string of the molecule is COc1cncnc1-c1ccn2c(-c3cccc(NC(=O)NCC(F)(F)F)c3)cnc2c1. The number of imidazole rings is 1. The highest BCUT2D eigenvalue weighted by atomic mass is 19.4. The molecule has 3 heterocycles. The van der Waals surface area contributed by atoms with E-state index in [4.69, 9.17) is 4.74 Å². The third-order valence-electron chi connectivity index (χ3n) is 4.55. The molecule has 0 fully saturated rings. The lowest BCUT2D eigenvalue weighted by atomic mass is 10.1. The minimum Gasteiger partial charge on any atom is -0.493 e. The summed E-state index contributed by atoms with van der Waals surface area (Å²) in [6.07, 6.45) is 2.02. The molecule has 0 saturated heterocycles. The summed E-state index contributed by atoms with van der Waals surface area (Å²) in [5.41, 5.74) is 3.88. The van der Waals surface area contributed by atoms with E-state index in [9.17, 15) is 18.0 Å². The van der Waals surface area contributed by atoms with Crippen LogP contribution in [0.25, 0.3) is 28.2 Å². The second-order valence-corrected chi connectivity index (χ2v) is 6.73. The van der Waals surface area contributed by atoms with Gasteiger partial charge in [0.2, 0.25) is 0 Å². The first-order valence-electron chi connectivity index (χ1n) is 9.37. The van der Waals surface area contributed by atoms with Gasteiger partial charge >= 0.3 is 12.2 Å². The minimum atomic E-state index is -4.48. The van der Waals surface area contributed by atoms with Gasteiger partial charge in [0.25, 0.3) is 0 Å². The number of alkyl halides is 3. The molecule has 164 valence electrons. The van der Waals surface area contributed by atoms with Gasteiger partial charge in [-0.15, -0.1) is 0 Å². The van der Waals surface area contributed by atoms with E-state index in [0.29, 0.717) is 22.8 Å². The van der Waals surface area contributed by atoms with Gasteiger partial charge in [-0.3, -0.25) is 4.40 Å². The maximum atomic E-state index is 12.3. The lowest BCUT2D eigenvalue weighted by molar-refractivity contribution is -0.122. The van der Waals surface area contributed by atoms with Crippen LogP contribution in [-0.2, 0) is 0 Å². The first-order chi connectivity index (χ1) is 15.3. The van der Waals surface area contributed by atoms with Crippen LogP contribution in [0.15, 0.2) is 61.3 Å². The minimum absolute atomic E-state index is 0.347. The number of nitrogens with one attached hydrogen (secondary N) is 2. The summed E-state index contributed by atoms with van der Waals surface area (Å²) >= 11 is 0. The Morgan fingerprint density at radius 1 is 1.12 bits per heavy atom. The number of carbonyl (C=O) groups excluding carboxylic acids is 1. The number of carbonyl (C=O) groups is 1. The van der Waals surface area contributed by atoms with Crippen LogP contribution >= 0.6 is 0 Å². The zero-order valence-electron chi connectivity index (χ0n) is 16.7. The van der Waals surface area contributed by atoms with Gasteiger partial charge in [-0.05, 0) is 24.3 Å². The van der Waals surface area contributed by atoms with E-state index in [1.165, 1.54) is 6.33 Å². The molecular weight excluding hydrogens is 425 g/mol. The Bertz CT molecular complexity index is 1270. The molecule has 2 N–H and O–H groups in total. The fraction of sp³-hybridized carbons (Fsp3) is 0.143. The average Bonchev–Trinajstić information content (AvgIpc) is 3.21. The standard InChI is InChI=1S/C21H17F3N6O2/c1-32-17-10-25-12-28-19(17)14-5-6-30-16(9-26-18(30)8-14)13-3-2-4-15(7-13)29-20(31)27-11-21(22,23)24/h2-10,12H,11H2,1H3,(H2,27,29,31). The van der Waals surface area contributed by atoms with Crippen LogP contribution < -0.4 is 15.4 Å². The summed E-state index contributed by atoms with van der Waals surface area (Å²) in [6.45, 7) is -1.41. The van der Waals surface area contributed by atoms with Crippen molar-refractivity contribution in [1.29, 1.82) is 0 Å². The second kappa shape index (κ2) is 8.53. The molecule has 0 saturated carbocycles. The van der Waals surface area contributed by atoms with Crippen LogP contribution in [0, 0.1) is 0 Å². The van der Waals surface area contributed by atoms with Crippen molar-refractivity contribution >= 4 is 17.4 Å². The van der Waals surface area contributed by atoms with Crippen molar-refractivity contribution in [3.05, 3.63) is 61.3 Å². The number of nitrogens with zero attached hydrogens (tertiary/aromatic N) is 4. The van der Waals surface area contributed by atoms with E-state index in [1.807, 2.05) is 28.8 Å². The number of hydrogen-bond acceptors (Lipinski definition) is 5. The van der Waals surface area contributed by atoms with E-state index in [2.05, 4.69) is 20.3 Å². The molecule has 0 aliphatic carbocycles. The molecule has 0 aliphatic rings. The monoisotopic (exact) mass is 442 g/mol. The van der Waals surface area contributed by atoms with Crippen LogP contribution in [0.5, 0.6) is 5.75 Å². The van der Waals surface area contributed by atoms with Gasteiger partial charge in [-0.25, -0.2) is 19.7 Å². The molecule has 0 atom stereocenters. The number of anilines is 1. The Labute approximate surface area is 180 Å². The molecule has 4 rings (SSSR count). The molecule has 11 heteroatoms. The van der Waals surface area contributed by atoms with Crippen LogP contribution in [0.2, 0.25) is 0 Å². The number of halogens is 3. The number of methoxy groups -OCH3 is 1. The van der Waals surface area contributed by atoms with E-state index >= 15 is 0 Å². The van der Waals surface area contributed by atoms with Crippen LogP contribution in [0.3, 0.4) is 0 Å². The van der Waals surface area contributed by atoms with Gasteiger partial charge in [0, 0.05) is 23.0 Å². The third-order valence-corrected chi connectivity index (χ3v) is 4.55. The molecule has 0 aliphatic heterocycles. The number of aromatic nitrogens is 4. The number of pyridine rings is 1. The Hall–Kier alpha value is -4.15. The average molecular weight is 442 g/mol. The predicted octanol–water partition coefficient (Wildman–Crippen LogP) is 4.15. The maximum Gasteiger partial charge on any atom is 0.405 e. The summed E-state index contributed by atoms with van der Waals surface area (Å²) < 4.78 is 44.0. The van der Waals surface area contributed by atoms with Crippen LogP contribution in [0.4, 0.5) is 23.7 Å². The van der Waals surface area contributed by atoms with Crippen molar-refractivity contribution < 1.29 is 22.7 Å². The van der Waals surface area contributed by atoms with Gasteiger partial charge in [0.15, 0.2) is 5.75 Å². The number of urea groups is 1. The summed E-state index contributed by atoms with van der Waals surface area (Å²) in [5.74, 6) is 0.534. The van der Waals surface area contributed by atoms with E-state index in [1.54, 1.807) is 43.0 Å². The molecular formula is C21H17F3N6O2. The van der Waals surface area contributed by atoms with E-state index in [-0.39, 0.29) is 0 Å². The first kappa shape index (κ1) is 21.1. The molecule has 32 heavy (non-hydrogen) atoms. The topological polar surface area (TPSA) is 93.4 Å². The Morgan fingerprint density at radius 3 is 2.75 bits per heavy atom. The normalized spacial score (nSPS) is 11.4. The van der Waals surface area contributed by atoms with Gasteiger partial charge in [-0.2, -0.15) is 13.2 Å². The second-order valence-electron chi connectivity index (χ2n) is 6.73. The summed E-state index contributed by atoms with van der Waals surface area (Å²) in [6, 6.07) is 9.49. The summed E-state index contributed by atoms with van der Waals surface area (Å²) in [5, 5.41) is 4.17. The number of ether oxygens (including phenoxy) is 1. The molecule has 1 aromatic carbocycles. The number of amides is 2. The Kier molecular flexibility index (Phi) is 5.63. The van der Waals surface area contributed by atoms with Crippen LogP contribution in [0.1, 0.15) is 0 Å². The number of hydrogen-bond donors (Lipinski definition) is 2. The highest BCUT2D eigenvalue weighted by Gasteiger charge is 2.27. The fourth-order valence-electron chi connectivity index (χ4n) is 3.14. The molecule has 0 unspecified atom stereocenters. The lowest BCUT2D eigenvalue weighted by Gasteiger charge is -2.11. The van der Waals surface area contributed by atoms with Crippen molar-refractivity contribution in [2.24, 2.45) is 0 Å². The van der Waals surface area contributed by atoms with E-state index < -0.39 is 18.8 Å². The maximum absolute atomic E-state index is 12.3. The molecule has 4 aromatic rings. The quantitative estimate of drug-likeness (QED) is 0.484. The molecule has 0 radical (unpaired) electrons. The van der Waals surface area contributed by atoms with Crippen molar-refractivity contribution in [1.82, 2.24) is 24.7 Å². The Balaban J connectivity index is 1.59. The molecule has 3 aromatic heterocycles. The first-order valence-corrected chi connectivity index (χ1v) is 9.37. The van der Waals surface area contributed by atoms with Gasteiger partial charge in [0.05, 0.1) is 25.2 Å².